The molecule has 1 heterocycles. The molecule has 1 fully saturated rings. The molecule has 6 nitrogen and oxygen atoms in total. The zero-order valence-electron chi connectivity index (χ0n) is 13.8. The van der Waals surface area contributed by atoms with Crippen molar-refractivity contribution in [3.8, 4) is 0 Å². The van der Waals surface area contributed by atoms with Crippen LogP contribution in [0.5, 0.6) is 0 Å². The SMILES string of the molecule is COCCC(C)NS(=O)(=O)N1CCC(CNC(C)C)CC1. The molecular formula is C14H31N3O3S. The topological polar surface area (TPSA) is 70.7 Å². The van der Waals surface area contributed by atoms with Gasteiger partial charge in [-0.05, 0) is 38.6 Å². The van der Waals surface area contributed by atoms with E-state index in [1.54, 1.807) is 11.4 Å². The largest absolute Gasteiger partial charge is 0.385 e. The van der Waals surface area contributed by atoms with Gasteiger partial charge in [0.2, 0.25) is 0 Å². The van der Waals surface area contributed by atoms with Crippen molar-refractivity contribution >= 4 is 10.2 Å². The Labute approximate surface area is 129 Å². The van der Waals surface area contributed by atoms with Crippen molar-refractivity contribution in [1.29, 1.82) is 0 Å². The minimum absolute atomic E-state index is 0.102. The normalized spacial score (nSPS) is 20.0. The molecule has 0 spiro atoms. The van der Waals surface area contributed by atoms with Crippen LogP contribution in [0.1, 0.15) is 40.0 Å². The van der Waals surface area contributed by atoms with Gasteiger partial charge in [0.1, 0.15) is 0 Å². The Morgan fingerprint density at radius 3 is 2.38 bits per heavy atom. The third kappa shape index (κ3) is 7.06. The summed E-state index contributed by atoms with van der Waals surface area (Å²) in [6.07, 6.45) is 2.53. The molecule has 0 aromatic carbocycles. The lowest BCUT2D eigenvalue weighted by atomic mass is 9.98. The molecule has 0 amide bonds. The number of nitrogens with one attached hydrogen (secondary N) is 2. The highest BCUT2D eigenvalue weighted by molar-refractivity contribution is 7.87. The maximum absolute atomic E-state index is 12.3. The van der Waals surface area contributed by atoms with Gasteiger partial charge in [-0.15, -0.1) is 0 Å². The standard InChI is InChI=1S/C14H31N3O3S/c1-12(2)15-11-14-5-8-17(9-6-14)21(18,19)16-13(3)7-10-20-4/h12-16H,5-11H2,1-4H3. The van der Waals surface area contributed by atoms with Crippen molar-refractivity contribution in [1.82, 2.24) is 14.3 Å². The molecule has 1 unspecified atom stereocenters. The Kier molecular flexibility index (Phi) is 8.12. The van der Waals surface area contributed by atoms with Crippen LogP contribution in [0.15, 0.2) is 0 Å². The highest BCUT2D eigenvalue weighted by Gasteiger charge is 2.28. The molecule has 1 saturated heterocycles. The smallest absolute Gasteiger partial charge is 0.279 e. The van der Waals surface area contributed by atoms with Crippen LogP contribution in [0.3, 0.4) is 0 Å². The lowest BCUT2D eigenvalue weighted by Crippen LogP contribution is -2.48. The first-order valence-electron chi connectivity index (χ1n) is 7.85. The molecule has 2 N–H and O–H groups in total. The molecule has 1 aliphatic heterocycles. The molecule has 1 aliphatic rings. The lowest BCUT2D eigenvalue weighted by molar-refractivity contribution is 0.187. The third-order valence-electron chi connectivity index (χ3n) is 3.83. The summed E-state index contributed by atoms with van der Waals surface area (Å²) in [5.41, 5.74) is 0. The second-order valence-corrected chi connectivity index (χ2v) is 7.91. The predicted molar refractivity (Wildman–Crippen MR) is 85.4 cm³/mol. The molecule has 1 atom stereocenters. The van der Waals surface area contributed by atoms with Gasteiger partial charge in [0.25, 0.3) is 10.2 Å². The molecule has 21 heavy (non-hydrogen) atoms. The summed E-state index contributed by atoms with van der Waals surface area (Å²) in [6, 6.07) is 0.380. The number of rotatable bonds is 9. The van der Waals surface area contributed by atoms with Gasteiger partial charge in [-0.25, -0.2) is 0 Å². The maximum atomic E-state index is 12.3. The molecular weight excluding hydrogens is 290 g/mol. The number of methoxy groups -OCH3 is 1. The van der Waals surface area contributed by atoms with Gasteiger partial charge in [0.15, 0.2) is 0 Å². The number of ether oxygens (including phenoxy) is 1. The molecule has 1 rings (SSSR count). The van der Waals surface area contributed by atoms with Gasteiger partial charge in [-0.1, -0.05) is 13.8 Å². The Morgan fingerprint density at radius 1 is 1.24 bits per heavy atom. The summed E-state index contributed by atoms with van der Waals surface area (Å²) in [6.45, 7) is 8.88. The van der Waals surface area contributed by atoms with Crippen LogP contribution < -0.4 is 10.0 Å². The zero-order chi connectivity index (χ0) is 15.9. The quantitative estimate of drug-likeness (QED) is 0.663. The first-order chi connectivity index (χ1) is 9.85. The molecule has 0 aliphatic carbocycles. The van der Waals surface area contributed by atoms with E-state index in [1.807, 2.05) is 6.92 Å². The number of hydrogen-bond donors (Lipinski definition) is 2. The first-order valence-corrected chi connectivity index (χ1v) is 9.29. The second-order valence-electron chi connectivity index (χ2n) is 6.21. The summed E-state index contributed by atoms with van der Waals surface area (Å²) in [5, 5.41) is 3.43. The fraction of sp³-hybridized carbons (Fsp3) is 1.00. The van der Waals surface area contributed by atoms with E-state index in [9.17, 15) is 8.42 Å². The average Bonchev–Trinajstić information content (AvgIpc) is 2.43. The highest BCUT2D eigenvalue weighted by Crippen LogP contribution is 2.18. The van der Waals surface area contributed by atoms with Gasteiger partial charge in [-0.3, -0.25) is 0 Å². The van der Waals surface area contributed by atoms with E-state index in [0.29, 0.717) is 38.1 Å². The average molecular weight is 321 g/mol. The van der Waals surface area contributed by atoms with Gasteiger partial charge >= 0.3 is 0 Å². The molecule has 7 heteroatoms. The van der Waals surface area contributed by atoms with Gasteiger partial charge in [0.05, 0.1) is 0 Å². The Bertz CT molecular complexity index is 379. The van der Waals surface area contributed by atoms with Crippen LogP contribution in [0.4, 0.5) is 0 Å². The molecule has 0 aromatic heterocycles. The van der Waals surface area contributed by atoms with Crippen LogP contribution in [0.2, 0.25) is 0 Å². The molecule has 0 saturated carbocycles. The maximum Gasteiger partial charge on any atom is 0.279 e. The van der Waals surface area contributed by atoms with Crippen LogP contribution in [-0.4, -0.2) is 58.2 Å². The van der Waals surface area contributed by atoms with E-state index < -0.39 is 10.2 Å². The van der Waals surface area contributed by atoms with Gasteiger partial charge in [0, 0.05) is 38.9 Å². The molecule has 0 radical (unpaired) electrons. The monoisotopic (exact) mass is 321 g/mol. The van der Waals surface area contributed by atoms with Crippen molar-refractivity contribution in [2.75, 3.05) is 33.4 Å². The number of hydrogen-bond acceptors (Lipinski definition) is 4. The highest BCUT2D eigenvalue weighted by atomic mass is 32.2. The first kappa shape index (κ1) is 18.8. The number of nitrogens with zero attached hydrogens (tertiary/aromatic N) is 1. The second kappa shape index (κ2) is 9.05. The summed E-state index contributed by atoms with van der Waals surface area (Å²) in [7, 11) is -1.74. The fourth-order valence-electron chi connectivity index (χ4n) is 2.44. The zero-order valence-corrected chi connectivity index (χ0v) is 14.6. The van der Waals surface area contributed by atoms with E-state index in [-0.39, 0.29) is 6.04 Å². The summed E-state index contributed by atoms with van der Waals surface area (Å²) in [4.78, 5) is 0. The minimum Gasteiger partial charge on any atom is -0.385 e. The number of piperidine rings is 1. The van der Waals surface area contributed by atoms with Crippen molar-refractivity contribution < 1.29 is 13.2 Å². The van der Waals surface area contributed by atoms with E-state index in [2.05, 4.69) is 23.9 Å². The van der Waals surface area contributed by atoms with Gasteiger partial charge < -0.3 is 10.1 Å². The van der Waals surface area contributed by atoms with Crippen molar-refractivity contribution in [3.63, 3.8) is 0 Å². The Hall–Kier alpha value is -0.210. The van der Waals surface area contributed by atoms with Gasteiger partial charge in [-0.2, -0.15) is 17.4 Å². The fourth-order valence-corrected chi connectivity index (χ4v) is 3.91. The van der Waals surface area contributed by atoms with Crippen LogP contribution in [0, 0.1) is 5.92 Å². The minimum atomic E-state index is -3.36. The van der Waals surface area contributed by atoms with Crippen molar-refractivity contribution in [2.24, 2.45) is 5.92 Å². The van der Waals surface area contributed by atoms with Crippen molar-refractivity contribution in [2.45, 2.75) is 52.1 Å². The Morgan fingerprint density at radius 2 is 1.86 bits per heavy atom. The van der Waals surface area contributed by atoms with E-state index in [4.69, 9.17) is 4.74 Å². The summed E-state index contributed by atoms with van der Waals surface area (Å²) >= 11 is 0. The van der Waals surface area contributed by atoms with Crippen LogP contribution in [0.25, 0.3) is 0 Å². The molecule has 0 aromatic rings. The van der Waals surface area contributed by atoms with Crippen LogP contribution >= 0.6 is 0 Å². The molecule has 0 bridgehead atoms. The molecule has 126 valence electrons. The van der Waals surface area contributed by atoms with Crippen LogP contribution in [-0.2, 0) is 14.9 Å². The summed E-state index contributed by atoms with van der Waals surface area (Å²) in [5.74, 6) is 0.574. The third-order valence-corrected chi connectivity index (χ3v) is 5.58. The van der Waals surface area contributed by atoms with E-state index in [0.717, 1.165) is 19.4 Å². The summed E-state index contributed by atoms with van der Waals surface area (Å²) < 4.78 is 33.9. The van der Waals surface area contributed by atoms with E-state index >= 15 is 0 Å². The Balaban J connectivity index is 2.37. The van der Waals surface area contributed by atoms with E-state index in [1.165, 1.54) is 0 Å². The predicted octanol–water partition coefficient (Wildman–Crippen LogP) is 0.956. The van der Waals surface area contributed by atoms with Crippen molar-refractivity contribution in [3.05, 3.63) is 0 Å². The lowest BCUT2D eigenvalue weighted by Gasteiger charge is -2.32.